The average molecular weight is 301 g/mol. The smallest absolute Gasteiger partial charge is 0.152 e. The molecule has 0 radical (unpaired) electrons. The number of fused-ring (bicyclic) bond motifs is 1. The summed E-state index contributed by atoms with van der Waals surface area (Å²) < 4.78 is 27.1. The van der Waals surface area contributed by atoms with Crippen molar-refractivity contribution in [2.45, 2.75) is 13.3 Å². The topological polar surface area (TPSA) is 24.9 Å². The van der Waals surface area contributed by atoms with Gasteiger partial charge in [0.2, 0.25) is 0 Å². The number of rotatable bonds is 3. The first kappa shape index (κ1) is 12.2. The van der Waals surface area contributed by atoms with E-state index in [1.54, 1.807) is 12.1 Å². The molecule has 0 saturated heterocycles. The fourth-order valence-corrected chi connectivity index (χ4v) is 1.98. The molecular weight excluding hydrogens is 290 g/mol. The van der Waals surface area contributed by atoms with E-state index < -0.39 is 11.6 Å². The molecular formula is C12H11BrF2N2. The van der Waals surface area contributed by atoms with Crippen LogP contribution >= 0.6 is 15.9 Å². The number of halogens is 3. The van der Waals surface area contributed by atoms with Gasteiger partial charge < -0.3 is 5.32 Å². The molecule has 2 rings (SSSR count). The highest BCUT2D eigenvalue weighted by Crippen LogP contribution is 2.28. The third-order valence-corrected chi connectivity index (χ3v) is 3.18. The summed E-state index contributed by atoms with van der Waals surface area (Å²) in [4.78, 5) is 4.13. The van der Waals surface area contributed by atoms with Gasteiger partial charge in [0.15, 0.2) is 5.82 Å². The van der Waals surface area contributed by atoms with Crippen LogP contribution in [0.1, 0.15) is 13.3 Å². The quantitative estimate of drug-likeness (QED) is 0.863. The highest BCUT2D eigenvalue weighted by Gasteiger charge is 2.11. The van der Waals surface area contributed by atoms with Crippen LogP contribution in [0.3, 0.4) is 0 Å². The van der Waals surface area contributed by atoms with E-state index in [1.807, 2.05) is 6.92 Å². The molecule has 0 amide bonds. The third kappa shape index (κ3) is 2.39. The SMILES string of the molecule is CCCNc1ccc2c(Br)c(F)cc(F)c2n1. The second-order valence-corrected chi connectivity index (χ2v) is 4.47. The zero-order valence-corrected chi connectivity index (χ0v) is 10.8. The van der Waals surface area contributed by atoms with Crippen molar-refractivity contribution in [3.05, 3.63) is 34.3 Å². The molecule has 2 nitrogen and oxygen atoms in total. The van der Waals surface area contributed by atoms with Gasteiger partial charge in [0.25, 0.3) is 0 Å². The third-order valence-electron chi connectivity index (χ3n) is 2.38. The largest absolute Gasteiger partial charge is 0.370 e. The van der Waals surface area contributed by atoms with Crippen molar-refractivity contribution in [3.63, 3.8) is 0 Å². The fraction of sp³-hybridized carbons (Fsp3) is 0.250. The second kappa shape index (κ2) is 4.96. The molecule has 2 aromatic rings. The number of hydrogen-bond acceptors (Lipinski definition) is 2. The van der Waals surface area contributed by atoms with E-state index in [9.17, 15) is 8.78 Å². The molecule has 0 unspecified atom stereocenters. The van der Waals surface area contributed by atoms with Crippen LogP contribution in [0.5, 0.6) is 0 Å². The minimum absolute atomic E-state index is 0.166. The first-order chi connectivity index (χ1) is 8.13. The lowest BCUT2D eigenvalue weighted by atomic mass is 10.2. The maximum atomic E-state index is 13.6. The maximum Gasteiger partial charge on any atom is 0.152 e. The molecule has 0 aliphatic carbocycles. The number of nitrogens with zero attached hydrogens (tertiary/aromatic N) is 1. The van der Waals surface area contributed by atoms with E-state index >= 15 is 0 Å². The molecule has 90 valence electrons. The molecule has 0 spiro atoms. The first-order valence-corrected chi connectivity index (χ1v) is 6.11. The van der Waals surface area contributed by atoms with Crippen LogP contribution in [0.2, 0.25) is 0 Å². The zero-order chi connectivity index (χ0) is 12.4. The van der Waals surface area contributed by atoms with E-state index in [0.29, 0.717) is 11.2 Å². The molecule has 0 fully saturated rings. The molecule has 0 aliphatic rings. The molecule has 1 N–H and O–H groups in total. The van der Waals surface area contributed by atoms with E-state index in [-0.39, 0.29) is 9.99 Å². The summed E-state index contributed by atoms with van der Waals surface area (Å²) in [6.45, 7) is 2.79. The van der Waals surface area contributed by atoms with E-state index in [0.717, 1.165) is 19.0 Å². The normalized spacial score (nSPS) is 10.8. The van der Waals surface area contributed by atoms with Crippen LogP contribution in [0, 0.1) is 11.6 Å². The highest BCUT2D eigenvalue weighted by atomic mass is 79.9. The summed E-state index contributed by atoms with van der Waals surface area (Å²) in [7, 11) is 0. The minimum atomic E-state index is -0.652. The maximum absolute atomic E-state index is 13.6. The summed E-state index contributed by atoms with van der Waals surface area (Å²) >= 11 is 3.09. The first-order valence-electron chi connectivity index (χ1n) is 5.31. The van der Waals surface area contributed by atoms with Crippen LogP contribution in [0.25, 0.3) is 10.9 Å². The summed E-state index contributed by atoms with van der Waals surface area (Å²) in [6, 6.07) is 4.20. The number of nitrogens with one attached hydrogen (secondary N) is 1. The van der Waals surface area contributed by atoms with Gasteiger partial charge >= 0.3 is 0 Å². The van der Waals surface area contributed by atoms with Crippen LogP contribution in [-0.2, 0) is 0 Å². The van der Waals surface area contributed by atoms with Gasteiger partial charge in [-0.05, 0) is 34.5 Å². The minimum Gasteiger partial charge on any atom is -0.370 e. The van der Waals surface area contributed by atoms with E-state index in [2.05, 4.69) is 26.2 Å². The van der Waals surface area contributed by atoms with Crippen molar-refractivity contribution in [3.8, 4) is 0 Å². The molecule has 0 aliphatic heterocycles. The molecule has 17 heavy (non-hydrogen) atoms. The lowest BCUT2D eigenvalue weighted by Gasteiger charge is -2.07. The number of pyridine rings is 1. The van der Waals surface area contributed by atoms with Gasteiger partial charge in [-0.2, -0.15) is 0 Å². The van der Waals surface area contributed by atoms with Gasteiger partial charge in [0.1, 0.15) is 17.2 Å². The van der Waals surface area contributed by atoms with Gasteiger partial charge in [-0.25, -0.2) is 13.8 Å². The molecule has 0 bridgehead atoms. The van der Waals surface area contributed by atoms with Gasteiger partial charge in [0.05, 0.1) is 4.47 Å². The van der Waals surface area contributed by atoms with Crippen LogP contribution < -0.4 is 5.32 Å². The second-order valence-electron chi connectivity index (χ2n) is 3.67. The van der Waals surface area contributed by atoms with Crippen LogP contribution in [-0.4, -0.2) is 11.5 Å². The molecule has 1 aromatic carbocycles. The molecule has 1 aromatic heterocycles. The summed E-state index contributed by atoms with van der Waals surface area (Å²) in [5, 5.41) is 3.50. The van der Waals surface area contributed by atoms with Gasteiger partial charge in [-0.15, -0.1) is 0 Å². The molecule has 0 atom stereocenters. The van der Waals surface area contributed by atoms with Crippen molar-refractivity contribution in [2.24, 2.45) is 0 Å². The Labute approximate surface area is 106 Å². The summed E-state index contributed by atoms with van der Waals surface area (Å²) in [6.07, 6.45) is 0.954. The average Bonchev–Trinajstić information content (AvgIpc) is 2.33. The number of aromatic nitrogens is 1. The van der Waals surface area contributed by atoms with Crippen LogP contribution in [0.15, 0.2) is 22.7 Å². The highest BCUT2D eigenvalue weighted by molar-refractivity contribution is 9.10. The predicted molar refractivity (Wildman–Crippen MR) is 68.1 cm³/mol. The van der Waals surface area contributed by atoms with Crippen molar-refractivity contribution < 1.29 is 8.78 Å². The Hall–Kier alpha value is -1.23. The van der Waals surface area contributed by atoms with Gasteiger partial charge in [-0.1, -0.05) is 6.92 Å². The van der Waals surface area contributed by atoms with Crippen molar-refractivity contribution >= 4 is 32.7 Å². The zero-order valence-electron chi connectivity index (χ0n) is 9.23. The van der Waals surface area contributed by atoms with Crippen molar-refractivity contribution in [2.75, 3.05) is 11.9 Å². The Morgan fingerprint density at radius 1 is 1.29 bits per heavy atom. The standard InChI is InChI=1S/C12H11BrF2N2/c1-2-5-16-10-4-3-7-11(13)8(14)6-9(15)12(7)17-10/h3-4,6H,2,5H2,1H3,(H,16,17). The Morgan fingerprint density at radius 3 is 2.76 bits per heavy atom. The van der Waals surface area contributed by atoms with Crippen molar-refractivity contribution in [1.82, 2.24) is 4.98 Å². The van der Waals surface area contributed by atoms with Crippen molar-refractivity contribution in [1.29, 1.82) is 0 Å². The monoisotopic (exact) mass is 300 g/mol. The summed E-state index contributed by atoms with van der Waals surface area (Å²) in [5.74, 6) is -0.677. The molecule has 5 heteroatoms. The van der Waals surface area contributed by atoms with Crippen LogP contribution in [0.4, 0.5) is 14.6 Å². The lowest BCUT2D eigenvalue weighted by Crippen LogP contribution is -2.02. The van der Waals surface area contributed by atoms with E-state index in [1.165, 1.54) is 0 Å². The Kier molecular flexibility index (Phi) is 3.57. The number of benzene rings is 1. The Balaban J connectivity index is 2.54. The van der Waals surface area contributed by atoms with E-state index in [4.69, 9.17) is 0 Å². The Morgan fingerprint density at radius 2 is 2.06 bits per heavy atom. The Bertz CT molecular complexity index is 558. The number of hydrogen-bond donors (Lipinski definition) is 1. The lowest BCUT2D eigenvalue weighted by molar-refractivity contribution is 0.586. The fourth-order valence-electron chi connectivity index (χ4n) is 1.54. The predicted octanol–water partition coefficient (Wildman–Crippen LogP) is 4.10. The number of anilines is 1. The molecule has 1 heterocycles. The van der Waals surface area contributed by atoms with Gasteiger partial charge in [-0.3, -0.25) is 0 Å². The molecule has 0 saturated carbocycles. The summed E-state index contributed by atoms with van der Waals surface area (Å²) in [5.41, 5.74) is 0.166. The van der Waals surface area contributed by atoms with Gasteiger partial charge in [0, 0.05) is 18.0 Å².